The predicted octanol–water partition coefficient (Wildman–Crippen LogP) is 10.7. The van der Waals surface area contributed by atoms with E-state index in [4.69, 9.17) is 36.4 Å². The van der Waals surface area contributed by atoms with Crippen molar-refractivity contribution in [2.45, 2.75) is 127 Å². The van der Waals surface area contributed by atoms with Gasteiger partial charge < -0.3 is 22.1 Å². The smallest absolute Gasteiger partial charge is 0.383 e. The van der Waals surface area contributed by atoms with E-state index < -0.39 is 16.5 Å². The van der Waals surface area contributed by atoms with E-state index in [0.29, 0.717) is 39.3 Å². The number of halogens is 3. The van der Waals surface area contributed by atoms with Crippen molar-refractivity contribution in [1.82, 2.24) is 0 Å². The standard InChI is InChI=1S/C23H22BrN3O.C19H26BrNO2S.C8H3BrN2.C4H9.Li/c1-28-17-6-8-22(9-7-17)12-15-3-4-16(24)11-20(15)23(22)19-5-2-14(13-25)10-18(19)21(26)27-23;1-18(2,3)24(22)21-17-16-11-14(20)6-5-13(16)12-19(17)9-7-15(23-4)8-10-19;1-11-8-3-2-6(5-10)4-7(8)9;1-3-4-2;/h2-5,10-11,17H,6-9,12H2,1H3,(H2,26,27);5-6,11,15H,7-10,12H2,1-4H3;2-4H;1,3-4H2,2H3;/q;;;-1;+1. The minimum Gasteiger partial charge on any atom is -0.383 e. The zero-order valence-corrected chi connectivity index (χ0v) is 45.9. The molecule has 352 valence electrons. The molecule has 9 nitrogen and oxygen atoms in total. The van der Waals surface area contributed by atoms with Crippen LogP contribution in [0.3, 0.4) is 0 Å². The molecule has 0 radical (unpaired) electrons. The van der Waals surface area contributed by atoms with Crippen LogP contribution in [0.5, 0.6) is 0 Å². The van der Waals surface area contributed by atoms with Gasteiger partial charge in [-0.25, -0.2) is 9.05 Å². The van der Waals surface area contributed by atoms with Crippen LogP contribution in [-0.2, 0) is 38.8 Å². The Morgan fingerprint density at radius 2 is 1.40 bits per heavy atom. The van der Waals surface area contributed by atoms with Gasteiger partial charge in [-0.2, -0.15) is 21.3 Å². The van der Waals surface area contributed by atoms with Gasteiger partial charge in [-0.3, -0.25) is 4.99 Å². The molecule has 68 heavy (non-hydrogen) atoms. The molecular weight excluding hydrogens is 1060 g/mol. The first kappa shape index (κ1) is 55.5. The van der Waals surface area contributed by atoms with E-state index in [9.17, 15) is 9.47 Å². The first-order valence-electron chi connectivity index (χ1n) is 22.9. The molecule has 1 heterocycles. The minimum absolute atomic E-state index is 0. The Labute approximate surface area is 444 Å². The van der Waals surface area contributed by atoms with E-state index in [1.165, 1.54) is 28.7 Å². The third-order valence-corrected chi connectivity index (χ3v) is 16.9. The summed E-state index contributed by atoms with van der Waals surface area (Å²) in [7, 11) is 2.37. The van der Waals surface area contributed by atoms with Gasteiger partial charge in [0.15, 0.2) is 0 Å². The van der Waals surface area contributed by atoms with Crippen molar-refractivity contribution in [3.8, 4) is 12.1 Å². The van der Waals surface area contributed by atoms with E-state index in [2.05, 4.69) is 115 Å². The van der Waals surface area contributed by atoms with Crippen molar-refractivity contribution in [2.24, 2.45) is 26.0 Å². The molecule has 2 unspecified atom stereocenters. The van der Waals surface area contributed by atoms with Gasteiger partial charge in [0, 0.05) is 49.6 Å². The van der Waals surface area contributed by atoms with Crippen LogP contribution in [-0.4, -0.2) is 46.9 Å². The molecule has 9 rings (SSSR count). The van der Waals surface area contributed by atoms with Gasteiger partial charge in [0.05, 0.1) is 52.5 Å². The summed E-state index contributed by atoms with van der Waals surface area (Å²) in [6.07, 6.45) is 13.3. The average Bonchev–Trinajstić information content (AvgIpc) is 3.89. The zero-order chi connectivity index (χ0) is 48.7. The van der Waals surface area contributed by atoms with Crippen molar-refractivity contribution in [3.05, 3.63) is 149 Å². The third-order valence-electron chi connectivity index (χ3n) is 13.9. The maximum absolute atomic E-state index is 12.7. The number of nitrogens with two attached hydrogens (primary N) is 1. The molecule has 0 saturated heterocycles. The van der Waals surface area contributed by atoms with Crippen LogP contribution in [0.1, 0.15) is 136 Å². The third kappa shape index (κ3) is 11.5. The van der Waals surface area contributed by atoms with Gasteiger partial charge in [-0.05, 0) is 150 Å². The van der Waals surface area contributed by atoms with E-state index in [1.54, 1.807) is 25.3 Å². The monoisotopic (exact) mass is 1120 g/mol. The van der Waals surface area contributed by atoms with Crippen molar-refractivity contribution >= 4 is 76.0 Å². The second-order valence-corrected chi connectivity index (χ2v) is 23.6. The van der Waals surface area contributed by atoms with Gasteiger partial charge >= 0.3 is 18.9 Å². The number of fused-ring (bicyclic) bond motifs is 6. The van der Waals surface area contributed by atoms with Crippen LogP contribution in [0.15, 0.2) is 95.6 Å². The van der Waals surface area contributed by atoms with Crippen LogP contribution >= 0.6 is 47.8 Å². The number of methoxy groups -OCH3 is 2. The molecule has 3 spiro atoms. The number of benzene rings is 4. The fourth-order valence-electron chi connectivity index (χ4n) is 10.3. The molecule has 0 amide bonds. The van der Waals surface area contributed by atoms with Crippen LogP contribution in [0.2, 0.25) is 0 Å². The molecule has 0 bridgehead atoms. The predicted molar refractivity (Wildman–Crippen MR) is 282 cm³/mol. The molecular formula is C54H60Br3LiN6O3S. The van der Waals surface area contributed by atoms with E-state index in [0.717, 1.165) is 96.4 Å². The number of ether oxygens (including phenoxy) is 2. The van der Waals surface area contributed by atoms with E-state index in [-0.39, 0.29) is 34.4 Å². The molecule has 1 aliphatic heterocycles. The van der Waals surface area contributed by atoms with Gasteiger partial charge in [0.25, 0.3) is 0 Å². The summed E-state index contributed by atoms with van der Waals surface area (Å²) in [4.78, 5) is 8.44. The summed E-state index contributed by atoms with van der Waals surface area (Å²) >= 11 is 10.4. The number of hydrogen-bond acceptors (Lipinski definition) is 7. The van der Waals surface area contributed by atoms with Gasteiger partial charge in [0.1, 0.15) is 22.4 Å². The van der Waals surface area contributed by atoms with Crippen molar-refractivity contribution in [2.75, 3.05) is 14.2 Å². The normalized spacial score (nSPS) is 24.8. The first-order chi connectivity index (χ1) is 32.0. The Morgan fingerprint density at radius 1 is 0.838 bits per heavy atom. The number of nitrogens with zero attached hydrogens (tertiary/aromatic N) is 5. The Morgan fingerprint density at radius 3 is 1.94 bits per heavy atom. The van der Waals surface area contributed by atoms with Crippen LogP contribution in [0, 0.1) is 47.0 Å². The number of hydrogen-bond donors (Lipinski definition) is 1. The molecule has 2 atom stereocenters. The molecule has 4 aromatic carbocycles. The van der Waals surface area contributed by atoms with Crippen molar-refractivity contribution in [3.63, 3.8) is 0 Å². The average molecular weight is 1120 g/mol. The molecule has 2 fully saturated rings. The number of amidine groups is 1. The van der Waals surface area contributed by atoms with Crippen molar-refractivity contribution < 1.29 is 32.5 Å². The summed E-state index contributed by atoms with van der Waals surface area (Å²) in [6.45, 7) is 18.4. The Balaban J connectivity index is 0.000000196. The number of nitriles is 2. The fraction of sp³-hybridized carbons (Fsp3) is 0.444. The summed E-state index contributed by atoms with van der Waals surface area (Å²) < 4.78 is 31.2. The fourth-order valence-corrected chi connectivity index (χ4v) is 12.2. The molecule has 14 heteroatoms. The molecule has 4 aliphatic carbocycles. The molecule has 5 aliphatic rings. The second kappa shape index (κ2) is 23.7. The van der Waals surface area contributed by atoms with Gasteiger partial charge in [-0.1, -0.05) is 91.5 Å². The second-order valence-electron chi connectivity index (χ2n) is 19.0. The van der Waals surface area contributed by atoms with Crippen LogP contribution in [0.25, 0.3) is 4.85 Å². The van der Waals surface area contributed by atoms with Crippen LogP contribution in [0.4, 0.5) is 5.69 Å². The summed E-state index contributed by atoms with van der Waals surface area (Å²) in [5, 5.41) is 17.8. The SMILES string of the molecule is COC1CCC2(CC1)Cc1ccc(Br)cc1C21N=C(N)c2cc(C#N)ccc21.COC1CCC2(CC1)Cc1ccc(Br)cc1C2=NS(=O)C(C)(C)C.[C-]#[N+]c1ccc(C#N)cc1Br.[CH2-]CCC.[Li+]. The maximum Gasteiger partial charge on any atom is 1.00 e. The van der Waals surface area contributed by atoms with E-state index in [1.807, 2.05) is 46.1 Å². The molecule has 2 saturated carbocycles. The zero-order valence-electron chi connectivity index (χ0n) is 40.4. The molecule has 4 aromatic rings. The topological polar surface area (TPSA) is 138 Å². The quantitative estimate of drug-likeness (QED) is 0.160. The Kier molecular flexibility index (Phi) is 19.3. The van der Waals surface area contributed by atoms with E-state index >= 15 is 0 Å². The van der Waals surface area contributed by atoms with Crippen molar-refractivity contribution in [1.29, 1.82) is 10.5 Å². The summed E-state index contributed by atoms with van der Waals surface area (Å²) in [6, 6.07) is 28.0. The largest absolute Gasteiger partial charge is 1.00 e. The molecule has 2 N–H and O–H groups in total. The number of aliphatic imine (C=N–C) groups is 1. The Bertz CT molecular complexity index is 2680. The maximum atomic E-state index is 12.7. The first-order valence-corrected chi connectivity index (χ1v) is 26.4. The van der Waals surface area contributed by atoms with Gasteiger partial charge in [-0.15, -0.1) is 0 Å². The number of rotatable bonds is 4. The van der Waals surface area contributed by atoms with Crippen LogP contribution < -0.4 is 24.6 Å². The summed E-state index contributed by atoms with van der Waals surface area (Å²) in [5.74, 6) is 0.549. The Hall–Kier alpha value is -3.40. The van der Waals surface area contributed by atoms with Gasteiger partial charge in [0.2, 0.25) is 5.69 Å². The minimum atomic E-state index is -1.24. The summed E-state index contributed by atoms with van der Waals surface area (Å²) in [5.41, 5.74) is 16.0. The number of unbranched alkanes of at least 4 members (excludes halogenated alkanes) is 1. The molecule has 0 aromatic heterocycles.